The second kappa shape index (κ2) is 9.97. The molecule has 3 aromatic heterocycles. The van der Waals surface area contributed by atoms with Gasteiger partial charge in [0.05, 0.1) is 11.3 Å². The fourth-order valence-corrected chi connectivity index (χ4v) is 4.60. The highest BCUT2D eigenvalue weighted by molar-refractivity contribution is 5.70. The van der Waals surface area contributed by atoms with Crippen LogP contribution in [0.4, 0.5) is 27.8 Å². The number of nitrogens with zero attached hydrogens (tertiary/aromatic N) is 4. The Bertz CT molecular complexity index is 1400. The molecule has 37 heavy (non-hydrogen) atoms. The van der Waals surface area contributed by atoms with E-state index in [1.165, 1.54) is 18.5 Å². The number of nitrogens with one attached hydrogen (secondary N) is 1. The monoisotopic (exact) mass is 517 g/mol. The summed E-state index contributed by atoms with van der Waals surface area (Å²) >= 11 is 0. The molecule has 1 aliphatic heterocycles. The zero-order valence-corrected chi connectivity index (χ0v) is 19.9. The largest absolute Gasteiger partial charge is 0.435 e. The average Bonchev–Trinajstić information content (AvgIpc) is 3.18. The molecule has 1 N–H and O–H groups in total. The molecule has 1 aliphatic rings. The van der Waals surface area contributed by atoms with Gasteiger partial charge in [-0.15, -0.1) is 0 Å². The first kappa shape index (κ1) is 24.9. The molecular weight excluding hydrogens is 493 g/mol. The number of fused-ring (bicyclic) bond motifs is 1. The highest BCUT2D eigenvalue weighted by Gasteiger charge is 2.35. The van der Waals surface area contributed by atoms with Gasteiger partial charge in [0.1, 0.15) is 17.2 Å². The van der Waals surface area contributed by atoms with Crippen LogP contribution in [0.2, 0.25) is 0 Å². The van der Waals surface area contributed by atoms with Crippen LogP contribution in [0, 0.1) is 6.92 Å². The molecule has 194 valence electrons. The van der Waals surface area contributed by atoms with Crippen LogP contribution in [-0.2, 0) is 12.6 Å². The molecule has 0 aliphatic carbocycles. The van der Waals surface area contributed by atoms with Crippen molar-refractivity contribution in [3.63, 3.8) is 0 Å². The van der Waals surface area contributed by atoms with E-state index < -0.39 is 18.4 Å². The predicted octanol–water partition coefficient (Wildman–Crippen LogP) is 5.33. The summed E-state index contributed by atoms with van der Waals surface area (Å²) in [5, 5.41) is 3.25. The van der Waals surface area contributed by atoms with Gasteiger partial charge in [0.25, 0.3) is 0 Å². The number of piperazine rings is 1. The smallest absolute Gasteiger partial charge is 0.417 e. The summed E-state index contributed by atoms with van der Waals surface area (Å²) in [7, 11) is 0. The van der Waals surface area contributed by atoms with Gasteiger partial charge < -0.3 is 19.4 Å². The van der Waals surface area contributed by atoms with Crippen molar-refractivity contribution in [1.82, 2.24) is 19.7 Å². The minimum absolute atomic E-state index is 0.00619. The highest BCUT2D eigenvalue weighted by atomic mass is 19.4. The molecule has 4 heterocycles. The number of imidazole rings is 1. The summed E-state index contributed by atoms with van der Waals surface area (Å²) in [5.74, 6) is 0.710. The lowest BCUT2D eigenvalue weighted by Crippen LogP contribution is -2.43. The Labute approximate surface area is 209 Å². The van der Waals surface area contributed by atoms with E-state index in [1.807, 2.05) is 0 Å². The first-order valence-electron chi connectivity index (χ1n) is 11.7. The van der Waals surface area contributed by atoms with Crippen LogP contribution in [-0.4, -0.2) is 47.2 Å². The highest BCUT2D eigenvalue weighted by Crippen LogP contribution is 2.38. The second-order valence-electron chi connectivity index (χ2n) is 8.78. The number of benzene rings is 1. The third-order valence-electron chi connectivity index (χ3n) is 6.41. The van der Waals surface area contributed by atoms with Gasteiger partial charge in [-0.3, -0.25) is 0 Å². The first-order chi connectivity index (χ1) is 17.7. The molecule has 6 nitrogen and oxygen atoms in total. The molecule has 0 atom stereocenters. The van der Waals surface area contributed by atoms with Gasteiger partial charge in [0.15, 0.2) is 0 Å². The average molecular weight is 518 g/mol. The van der Waals surface area contributed by atoms with Crippen LogP contribution in [0.1, 0.15) is 22.5 Å². The maximum atomic E-state index is 14.1. The number of anilines is 1. The maximum Gasteiger partial charge on any atom is 0.417 e. The number of alkyl halides is 5. The summed E-state index contributed by atoms with van der Waals surface area (Å²) in [6.07, 6.45) is -1.64. The third kappa shape index (κ3) is 5.22. The topological polar surface area (TPSA) is 54.7 Å². The van der Waals surface area contributed by atoms with E-state index in [0.717, 1.165) is 32.2 Å². The van der Waals surface area contributed by atoms with Crippen LogP contribution in [0.5, 0.6) is 5.75 Å². The number of ether oxygens (including phenoxy) is 1. The Morgan fingerprint density at radius 3 is 2.51 bits per heavy atom. The zero-order valence-electron chi connectivity index (χ0n) is 19.9. The van der Waals surface area contributed by atoms with E-state index in [4.69, 9.17) is 0 Å². The second-order valence-corrected chi connectivity index (χ2v) is 8.78. The van der Waals surface area contributed by atoms with Crippen molar-refractivity contribution in [2.45, 2.75) is 26.1 Å². The van der Waals surface area contributed by atoms with Gasteiger partial charge in [-0.2, -0.15) is 22.0 Å². The van der Waals surface area contributed by atoms with Crippen molar-refractivity contribution in [3.05, 3.63) is 77.4 Å². The van der Waals surface area contributed by atoms with E-state index in [0.29, 0.717) is 28.3 Å². The van der Waals surface area contributed by atoms with E-state index in [2.05, 4.69) is 24.9 Å². The van der Waals surface area contributed by atoms with Crippen LogP contribution >= 0.6 is 0 Å². The SMILES string of the molecule is Cc1nc2cc(C(F)(F)F)c(-c3ccc(N4CCNCC4)nc3)cn2c1Cc1ccccc1OC(F)F. The van der Waals surface area contributed by atoms with Crippen LogP contribution in [0.3, 0.4) is 0 Å². The van der Waals surface area contributed by atoms with Crippen molar-refractivity contribution in [2.75, 3.05) is 31.1 Å². The molecule has 4 aromatic rings. The molecule has 0 spiro atoms. The summed E-state index contributed by atoms with van der Waals surface area (Å²) in [6.45, 7) is 1.83. The van der Waals surface area contributed by atoms with E-state index in [9.17, 15) is 22.0 Å². The molecule has 5 rings (SSSR count). The Hall–Kier alpha value is -3.73. The number of aromatic nitrogens is 3. The number of pyridine rings is 2. The fourth-order valence-electron chi connectivity index (χ4n) is 4.60. The number of hydrogen-bond donors (Lipinski definition) is 1. The number of halogens is 5. The van der Waals surface area contributed by atoms with Crippen molar-refractivity contribution in [3.8, 4) is 16.9 Å². The van der Waals surface area contributed by atoms with Crippen molar-refractivity contribution < 1.29 is 26.7 Å². The van der Waals surface area contributed by atoms with Gasteiger partial charge in [0.2, 0.25) is 0 Å². The third-order valence-corrected chi connectivity index (χ3v) is 6.41. The Balaban J connectivity index is 1.58. The maximum absolute atomic E-state index is 14.1. The molecule has 0 amide bonds. The van der Waals surface area contributed by atoms with Crippen molar-refractivity contribution >= 4 is 11.5 Å². The van der Waals surface area contributed by atoms with Gasteiger partial charge in [-0.25, -0.2) is 9.97 Å². The predicted molar refractivity (Wildman–Crippen MR) is 129 cm³/mol. The number of rotatable bonds is 6. The molecule has 0 unspecified atom stereocenters. The lowest BCUT2D eigenvalue weighted by molar-refractivity contribution is -0.137. The zero-order chi connectivity index (χ0) is 26.2. The van der Waals surface area contributed by atoms with Crippen molar-refractivity contribution in [2.24, 2.45) is 0 Å². The van der Waals surface area contributed by atoms with Gasteiger partial charge in [-0.1, -0.05) is 18.2 Å². The first-order valence-corrected chi connectivity index (χ1v) is 11.7. The lowest BCUT2D eigenvalue weighted by Gasteiger charge is -2.28. The van der Waals surface area contributed by atoms with Gasteiger partial charge in [-0.05, 0) is 31.2 Å². The van der Waals surface area contributed by atoms with Crippen LogP contribution < -0.4 is 15.0 Å². The molecule has 0 saturated carbocycles. The normalized spacial score (nSPS) is 14.5. The van der Waals surface area contributed by atoms with Crippen LogP contribution in [0.15, 0.2) is 54.9 Å². The summed E-state index contributed by atoms with van der Waals surface area (Å²) in [6, 6.07) is 10.7. The number of para-hydroxylation sites is 1. The summed E-state index contributed by atoms with van der Waals surface area (Å²) in [5.41, 5.74) is 1.08. The van der Waals surface area contributed by atoms with Crippen LogP contribution in [0.25, 0.3) is 16.8 Å². The minimum Gasteiger partial charge on any atom is -0.435 e. The molecular formula is C26H24F5N5O. The Morgan fingerprint density at radius 1 is 1.08 bits per heavy atom. The Morgan fingerprint density at radius 2 is 1.84 bits per heavy atom. The molecule has 1 saturated heterocycles. The minimum atomic E-state index is -4.62. The number of aryl methyl sites for hydroxylation is 1. The quantitative estimate of drug-likeness (QED) is 0.351. The van der Waals surface area contributed by atoms with Gasteiger partial charge in [0, 0.05) is 67.4 Å². The summed E-state index contributed by atoms with van der Waals surface area (Å²) < 4.78 is 74.3. The van der Waals surface area contributed by atoms with E-state index in [1.54, 1.807) is 41.7 Å². The molecule has 11 heteroatoms. The fraction of sp³-hybridized carbons (Fsp3) is 0.308. The molecule has 0 bridgehead atoms. The van der Waals surface area contributed by atoms with E-state index in [-0.39, 0.29) is 23.4 Å². The Kier molecular flexibility index (Phi) is 6.72. The van der Waals surface area contributed by atoms with Crippen molar-refractivity contribution in [1.29, 1.82) is 0 Å². The standard InChI is InChI=1S/C26H24F5N5O/c1-16-21(12-17-4-2-3-5-22(17)37-25(27)28)36-15-19(20(26(29,30)31)13-24(36)34-16)18-6-7-23(33-14-18)35-10-8-32-9-11-35/h2-7,13-15,25,32H,8-12H2,1H3. The van der Waals surface area contributed by atoms with Gasteiger partial charge >= 0.3 is 12.8 Å². The summed E-state index contributed by atoms with van der Waals surface area (Å²) in [4.78, 5) is 10.8. The van der Waals surface area contributed by atoms with E-state index >= 15 is 0 Å². The molecule has 1 fully saturated rings. The lowest BCUT2D eigenvalue weighted by atomic mass is 10.0. The number of hydrogen-bond acceptors (Lipinski definition) is 5. The molecule has 1 aromatic carbocycles. The molecule has 0 radical (unpaired) electrons.